The molecule has 2 aliphatic rings. The molecule has 12 nitrogen and oxygen atoms in total. The zero-order valence-electron chi connectivity index (χ0n) is 16.7. The first-order valence-corrected chi connectivity index (χ1v) is 9.76. The predicted molar refractivity (Wildman–Crippen MR) is 102 cm³/mol. The average Bonchev–Trinajstić information content (AvgIpc) is 3.10. The Morgan fingerprint density at radius 1 is 1.33 bits per heavy atom. The van der Waals surface area contributed by atoms with E-state index in [1.807, 2.05) is 0 Å². The number of hydrogen-bond donors (Lipinski definition) is 3. The van der Waals surface area contributed by atoms with Gasteiger partial charge in [0.25, 0.3) is 11.5 Å². The zero-order valence-corrected chi connectivity index (χ0v) is 16.7. The molecule has 0 spiro atoms. The summed E-state index contributed by atoms with van der Waals surface area (Å²) in [7, 11) is 0. The van der Waals surface area contributed by atoms with E-state index in [-0.39, 0.29) is 12.0 Å². The summed E-state index contributed by atoms with van der Waals surface area (Å²) in [5.41, 5.74) is -1.82. The lowest BCUT2D eigenvalue weighted by Gasteiger charge is -2.26. The Morgan fingerprint density at radius 3 is 2.73 bits per heavy atom. The van der Waals surface area contributed by atoms with Gasteiger partial charge in [-0.3, -0.25) is 28.8 Å². The fraction of sp³-hybridized carbons (Fsp3) is 0.667. The lowest BCUT2D eigenvalue weighted by Crippen LogP contribution is -2.43. The van der Waals surface area contributed by atoms with Crippen LogP contribution in [0.4, 0.5) is 0 Å². The van der Waals surface area contributed by atoms with Crippen LogP contribution < -0.4 is 16.6 Å². The van der Waals surface area contributed by atoms with Crippen LogP contribution >= 0.6 is 0 Å². The molecule has 0 bridgehead atoms. The first kappa shape index (κ1) is 22.2. The summed E-state index contributed by atoms with van der Waals surface area (Å²) < 4.78 is 17.0. The maximum Gasteiger partial charge on any atom is 0.330 e. The van der Waals surface area contributed by atoms with E-state index in [2.05, 4.69) is 15.2 Å². The molecule has 0 aliphatic carbocycles. The Hall–Kier alpha value is -2.54. The molecule has 3 rings (SSSR count). The van der Waals surface area contributed by atoms with E-state index < -0.39 is 48.2 Å². The Bertz CT molecular complexity index is 876. The van der Waals surface area contributed by atoms with Crippen LogP contribution in [0, 0.1) is 0 Å². The lowest BCUT2D eigenvalue weighted by molar-refractivity contribution is -0.150. The third kappa shape index (κ3) is 5.33. The van der Waals surface area contributed by atoms with E-state index in [4.69, 9.17) is 14.2 Å². The van der Waals surface area contributed by atoms with E-state index in [1.54, 1.807) is 0 Å². The van der Waals surface area contributed by atoms with Crippen molar-refractivity contribution in [3.63, 3.8) is 0 Å². The summed E-state index contributed by atoms with van der Waals surface area (Å²) in [6.45, 7) is 4.59. The number of aliphatic hydroxyl groups is 1. The van der Waals surface area contributed by atoms with Gasteiger partial charge in [0.05, 0.1) is 19.8 Å². The van der Waals surface area contributed by atoms with Gasteiger partial charge < -0.3 is 24.6 Å². The molecule has 166 valence electrons. The van der Waals surface area contributed by atoms with E-state index in [0.717, 1.165) is 23.9 Å². The number of aromatic amines is 1. The molecule has 12 heteroatoms. The minimum Gasteiger partial charge on any atom is -0.460 e. The number of carbonyl (C=O) groups excluding carboxylic acids is 2. The van der Waals surface area contributed by atoms with Crippen molar-refractivity contribution in [3.8, 4) is 0 Å². The molecule has 1 amide bonds. The van der Waals surface area contributed by atoms with Crippen molar-refractivity contribution in [2.75, 3.05) is 46.0 Å². The van der Waals surface area contributed by atoms with Gasteiger partial charge in [-0.05, 0) is 0 Å². The van der Waals surface area contributed by atoms with Crippen LogP contribution in [0.15, 0.2) is 15.8 Å². The SMILES string of the molecule is CC(=O)OC1CC(n2cc(C(=O)NCCN3CCOCC3)c(=O)[nH]c2=O)OC1CO. The Kier molecular flexibility index (Phi) is 7.37. The van der Waals surface area contributed by atoms with Gasteiger partial charge in [0, 0.05) is 45.7 Å². The normalized spacial score (nSPS) is 24.5. The van der Waals surface area contributed by atoms with Gasteiger partial charge in [-0.2, -0.15) is 0 Å². The average molecular weight is 426 g/mol. The minimum atomic E-state index is -0.907. The zero-order chi connectivity index (χ0) is 21.7. The van der Waals surface area contributed by atoms with E-state index >= 15 is 0 Å². The second-order valence-electron chi connectivity index (χ2n) is 7.11. The third-order valence-electron chi connectivity index (χ3n) is 5.02. The number of rotatable bonds is 7. The van der Waals surface area contributed by atoms with Crippen LogP contribution in [-0.2, 0) is 19.0 Å². The summed E-state index contributed by atoms with van der Waals surface area (Å²) in [4.78, 5) is 52.3. The molecule has 2 saturated heterocycles. The van der Waals surface area contributed by atoms with Gasteiger partial charge in [-0.25, -0.2) is 4.79 Å². The molecule has 0 radical (unpaired) electrons. The molecule has 1 aromatic heterocycles. The molecule has 2 aliphatic heterocycles. The van der Waals surface area contributed by atoms with Crippen LogP contribution in [-0.4, -0.2) is 89.6 Å². The van der Waals surface area contributed by atoms with Crippen molar-refractivity contribution < 1.29 is 28.9 Å². The van der Waals surface area contributed by atoms with E-state index in [1.165, 1.54) is 6.92 Å². The van der Waals surface area contributed by atoms with Crippen LogP contribution in [0.25, 0.3) is 0 Å². The van der Waals surface area contributed by atoms with Gasteiger partial charge >= 0.3 is 11.7 Å². The first-order chi connectivity index (χ1) is 14.4. The number of morpholine rings is 1. The summed E-state index contributed by atoms with van der Waals surface area (Å²) in [6.07, 6.45) is -1.25. The van der Waals surface area contributed by atoms with Gasteiger partial charge in [0.15, 0.2) is 0 Å². The van der Waals surface area contributed by atoms with Crippen LogP contribution in [0.3, 0.4) is 0 Å². The number of aliphatic hydroxyl groups excluding tert-OH is 1. The standard InChI is InChI=1S/C18H26N4O8/c1-11(24)29-13-8-15(30-14(13)10-23)22-9-12(17(26)20-18(22)27)16(25)19-2-3-21-4-6-28-7-5-21/h9,13-15,23H,2-8,10H2,1H3,(H,19,25)(H,20,26,27). The fourth-order valence-electron chi connectivity index (χ4n) is 3.48. The monoisotopic (exact) mass is 426 g/mol. The molecule has 3 unspecified atom stereocenters. The molecule has 0 saturated carbocycles. The Morgan fingerprint density at radius 2 is 2.07 bits per heavy atom. The number of H-pyrrole nitrogens is 1. The van der Waals surface area contributed by atoms with Gasteiger partial charge in [-0.1, -0.05) is 0 Å². The maximum absolute atomic E-state index is 12.5. The highest BCUT2D eigenvalue weighted by molar-refractivity contribution is 5.93. The number of nitrogens with one attached hydrogen (secondary N) is 2. The van der Waals surface area contributed by atoms with Gasteiger partial charge in [0.1, 0.15) is 24.0 Å². The molecule has 0 aromatic carbocycles. The number of aromatic nitrogens is 2. The maximum atomic E-state index is 12.5. The molecule has 3 atom stereocenters. The molecule has 1 aromatic rings. The minimum absolute atomic E-state index is 0.0921. The molecule has 2 fully saturated rings. The smallest absolute Gasteiger partial charge is 0.330 e. The highest BCUT2D eigenvalue weighted by Gasteiger charge is 2.38. The topological polar surface area (TPSA) is 152 Å². The summed E-state index contributed by atoms with van der Waals surface area (Å²) in [5.74, 6) is -1.16. The first-order valence-electron chi connectivity index (χ1n) is 9.76. The fourth-order valence-corrected chi connectivity index (χ4v) is 3.48. The second kappa shape index (κ2) is 9.98. The van der Waals surface area contributed by atoms with Crippen LogP contribution in [0.5, 0.6) is 0 Å². The van der Waals surface area contributed by atoms with Crippen LogP contribution in [0.1, 0.15) is 29.9 Å². The van der Waals surface area contributed by atoms with Crippen molar-refractivity contribution in [1.82, 2.24) is 19.8 Å². The Labute approximate surface area is 171 Å². The molecule has 3 N–H and O–H groups in total. The van der Waals surface area contributed by atoms with Crippen LogP contribution in [0.2, 0.25) is 0 Å². The van der Waals surface area contributed by atoms with Gasteiger partial charge in [-0.15, -0.1) is 0 Å². The summed E-state index contributed by atoms with van der Waals surface area (Å²) >= 11 is 0. The van der Waals surface area contributed by atoms with E-state index in [0.29, 0.717) is 26.3 Å². The molecule has 30 heavy (non-hydrogen) atoms. The number of esters is 1. The van der Waals surface area contributed by atoms with Crippen molar-refractivity contribution >= 4 is 11.9 Å². The van der Waals surface area contributed by atoms with Crippen molar-refractivity contribution in [1.29, 1.82) is 0 Å². The number of amides is 1. The number of nitrogens with zero attached hydrogens (tertiary/aromatic N) is 2. The number of hydrogen-bond acceptors (Lipinski definition) is 9. The van der Waals surface area contributed by atoms with Crippen molar-refractivity contribution in [2.45, 2.75) is 31.8 Å². The second-order valence-corrected chi connectivity index (χ2v) is 7.11. The lowest BCUT2D eigenvalue weighted by atomic mass is 10.2. The predicted octanol–water partition coefficient (Wildman–Crippen LogP) is -2.19. The van der Waals surface area contributed by atoms with Crippen molar-refractivity contribution in [3.05, 3.63) is 32.6 Å². The Balaban J connectivity index is 1.69. The highest BCUT2D eigenvalue weighted by atomic mass is 16.6. The largest absolute Gasteiger partial charge is 0.460 e. The molecule has 3 heterocycles. The van der Waals surface area contributed by atoms with Gasteiger partial charge in [0.2, 0.25) is 0 Å². The summed E-state index contributed by atoms with van der Waals surface area (Å²) in [6, 6.07) is 0. The molecular formula is C18H26N4O8. The number of carbonyl (C=O) groups is 2. The van der Waals surface area contributed by atoms with Crippen molar-refractivity contribution in [2.24, 2.45) is 0 Å². The number of ether oxygens (including phenoxy) is 3. The third-order valence-corrected chi connectivity index (χ3v) is 5.02. The molecular weight excluding hydrogens is 400 g/mol. The summed E-state index contributed by atoms with van der Waals surface area (Å²) in [5, 5.41) is 12.1. The quantitative estimate of drug-likeness (QED) is 0.413. The highest BCUT2D eigenvalue weighted by Crippen LogP contribution is 2.29. The van der Waals surface area contributed by atoms with E-state index in [9.17, 15) is 24.3 Å².